The minimum absolute atomic E-state index is 0.613. The summed E-state index contributed by atoms with van der Waals surface area (Å²) in [6, 6.07) is 44.0. The maximum Gasteiger partial charge on any atom is 0.164 e. The highest BCUT2D eigenvalue weighted by molar-refractivity contribution is 6.12. The summed E-state index contributed by atoms with van der Waals surface area (Å²) < 4.78 is 6.37. The molecule has 0 saturated carbocycles. The number of nitrogens with one attached hydrogen (secondary N) is 1. The highest BCUT2D eigenvalue weighted by atomic mass is 16.3. The van der Waals surface area contributed by atoms with Crippen LogP contribution in [0.4, 0.5) is 0 Å². The van der Waals surface area contributed by atoms with E-state index in [2.05, 4.69) is 90.3 Å². The molecule has 0 spiro atoms. The van der Waals surface area contributed by atoms with Crippen LogP contribution in [0.15, 0.2) is 138 Å². The van der Waals surface area contributed by atoms with Gasteiger partial charge < -0.3 is 9.73 Å². The van der Waals surface area contributed by atoms with Gasteiger partial charge in [0.15, 0.2) is 17.5 Å². The first-order valence-electron chi connectivity index (χ1n) is 15.1. The van der Waals surface area contributed by atoms with E-state index in [-0.39, 0.29) is 0 Å². The van der Waals surface area contributed by atoms with Gasteiger partial charge in [-0.15, -0.1) is 0 Å². The molecule has 0 fully saturated rings. The Morgan fingerprint density at radius 2 is 1.22 bits per heavy atom. The van der Waals surface area contributed by atoms with Crippen molar-refractivity contribution in [2.75, 3.05) is 0 Å². The summed E-state index contributed by atoms with van der Waals surface area (Å²) in [7, 11) is 0. The van der Waals surface area contributed by atoms with E-state index in [0.29, 0.717) is 17.5 Å². The van der Waals surface area contributed by atoms with Gasteiger partial charge in [0.05, 0.1) is 0 Å². The molecular weight excluding hydrogens is 552 g/mol. The number of hydrogen-bond acceptors (Lipinski definition) is 5. The average Bonchev–Trinajstić information content (AvgIpc) is 3.48. The molecule has 1 aliphatic rings. The number of rotatable bonds is 4. The summed E-state index contributed by atoms with van der Waals surface area (Å²) in [6.07, 6.45) is 4.07. The zero-order valence-electron chi connectivity index (χ0n) is 24.2. The predicted octanol–water partition coefficient (Wildman–Crippen LogP) is 9.67. The monoisotopic (exact) mass is 578 g/mol. The first-order chi connectivity index (χ1) is 22.3. The van der Waals surface area contributed by atoms with Gasteiger partial charge in [-0.25, -0.2) is 15.0 Å². The smallest absolute Gasteiger partial charge is 0.164 e. The highest BCUT2D eigenvalue weighted by Crippen LogP contribution is 2.38. The number of nitrogens with zero attached hydrogens (tertiary/aromatic N) is 3. The second-order valence-electron chi connectivity index (χ2n) is 11.4. The molecule has 8 aromatic rings. The summed E-state index contributed by atoms with van der Waals surface area (Å²) >= 11 is 0. The first kappa shape index (κ1) is 25.4. The van der Waals surface area contributed by atoms with Crippen LogP contribution in [-0.2, 0) is 6.54 Å². The van der Waals surface area contributed by atoms with E-state index in [0.717, 1.165) is 50.6 Å². The van der Waals surface area contributed by atoms with Crippen molar-refractivity contribution in [1.29, 1.82) is 0 Å². The van der Waals surface area contributed by atoms with Crippen LogP contribution in [0.2, 0.25) is 0 Å². The van der Waals surface area contributed by atoms with Gasteiger partial charge in [-0.2, -0.15) is 0 Å². The van der Waals surface area contributed by atoms with E-state index in [1.165, 1.54) is 27.6 Å². The Kier molecular flexibility index (Phi) is 5.81. The summed E-state index contributed by atoms with van der Waals surface area (Å²) in [5.74, 6) is 1.87. The topological polar surface area (TPSA) is 63.8 Å². The average molecular weight is 579 g/mol. The molecule has 45 heavy (non-hydrogen) atoms. The number of benzene rings is 6. The Morgan fingerprint density at radius 1 is 0.533 bits per heavy atom. The van der Waals surface area contributed by atoms with Gasteiger partial charge in [0, 0.05) is 34.0 Å². The lowest BCUT2D eigenvalue weighted by molar-refractivity contribution is 0.668. The lowest BCUT2D eigenvalue weighted by Gasteiger charge is -2.12. The third-order valence-corrected chi connectivity index (χ3v) is 8.54. The lowest BCUT2D eigenvalue weighted by atomic mass is 9.99. The first-order valence-corrected chi connectivity index (χ1v) is 15.1. The minimum Gasteiger partial charge on any atom is -0.456 e. The van der Waals surface area contributed by atoms with Crippen molar-refractivity contribution in [3.05, 3.63) is 145 Å². The Hall–Kier alpha value is -6.07. The van der Waals surface area contributed by atoms with Gasteiger partial charge in [-0.1, -0.05) is 97.1 Å². The van der Waals surface area contributed by atoms with Crippen LogP contribution >= 0.6 is 0 Å². The molecule has 9 rings (SSSR count). The third kappa shape index (κ3) is 4.45. The SMILES string of the molecule is C1=Cc2cc3oc4cccc(-c5nc(-c6ccccc6)nc(-c6ccc7cc(-c8ccccc8)ccc7c6)n5)c4c3cc2CN1. The fourth-order valence-electron chi connectivity index (χ4n) is 6.28. The van der Waals surface area contributed by atoms with Gasteiger partial charge in [-0.05, 0) is 75.6 Å². The van der Waals surface area contributed by atoms with Crippen LogP contribution in [-0.4, -0.2) is 15.0 Å². The largest absolute Gasteiger partial charge is 0.456 e. The van der Waals surface area contributed by atoms with Crippen molar-refractivity contribution in [2.24, 2.45) is 0 Å². The number of fused-ring (bicyclic) bond motifs is 5. The van der Waals surface area contributed by atoms with E-state index in [1.807, 2.05) is 54.7 Å². The molecule has 0 atom stereocenters. The third-order valence-electron chi connectivity index (χ3n) is 8.54. The number of hydrogen-bond donors (Lipinski definition) is 1. The maximum atomic E-state index is 6.37. The van der Waals surface area contributed by atoms with E-state index in [9.17, 15) is 0 Å². The Balaban J connectivity index is 1.23. The van der Waals surface area contributed by atoms with E-state index >= 15 is 0 Å². The Morgan fingerprint density at radius 3 is 2.02 bits per heavy atom. The maximum absolute atomic E-state index is 6.37. The zero-order valence-corrected chi connectivity index (χ0v) is 24.2. The second-order valence-corrected chi connectivity index (χ2v) is 11.4. The van der Waals surface area contributed by atoms with Crippen molar-refractivity contribution in [1.82, 2.24) is 20.3 Å². The van der Waals surface area contributed by atoms with Crippen LogP contribution in [0, 0.1) is 0 Å². The zero-order chi connectivity index (χ0) is 29.7. The summed E-state index contributed by atoms with van der Waals surface area (Å²) in [6.45, 7) is 0.777. The van der Waals surface area contributed by atoms with Crippen molar-refractivity contribution < 1.29 is 4.42 Å². The molecule has 3 heterocycles. The quantitative estimate of drug-likeness (QED) is 0.225. The van der Waals surface area contributed by atoms with Crippen LogP contribution in [0.1, 0.15) is 11.1 Å². The second kappa shape index (κ2) is 10.3. The summed E-state index contributed by atoms with van der Waals surface area (Å²) in [4.78, 5) is 15.1. The molecular formula is C40H26N4O. The van der Waals surface area contributed by atoms with Crippen LogP contribution in [0.3, 0.4) is 0 Å². The van der Waals surface area contributed by atoms with Crippen LogP contribution < -0.4 is 5.32 Å². The van der Waals surface area contributed by atoms with Crippen molar-refractivity contribution in [3.63, 3.8) is 0 Å². The molecule has 0 amide bonds. The van der Waals surface area contributed by atoms with E-state index < -0.39 is 0 Å². The Bertz CT molecular complexity index is 2430. The van der Waals surface area contributed by atoms with Crippen molar-refractivity contribution in [2.45, 2.75) is 6.54 Å². The minimum atomic E-state index is 0.613. The summed E-state index contributed by atoms with van der Waals surface area (Å²) in [5, 5.41) is 7.68. The van der Waals surface area contributed by atoms with Gasteiger partial charge >= 0.3 is 0 Å². The molecule has 6 aromatic carbocycles. The predicted molar refractivity (Wildman–Crippen MR) is 182 cm³/mol. The lowest BCUT2D eigenvalue weighted by Crippen LogP contribution is -2.09. The fourth-order valence-corrected chi connectivity index (χ4v) is 6.28. The molecule has 5 heteroatoms. The van der Waals surface area contributed by atoms with E-state index in [1.54, 1.807) is 0 Å². The molecule has 0 bridgehead atoms. The van der Waals surface area contributed by atoms with E-state index in [4.69, 9.17) is 19.4 Å². The molecule has 0 saturated heterocycles. The van der Waals surface area contributed by atoms with Crippen molar-refractivity contribution >= 4 is 38.8 Å². The summed E-state index contributed by atoms with van der Waals surface area (Å²) in [5.41, 5.74) is 9.25. The molecule has 1 N–H and O–H groups in total. The molecule has 5 nitrogen and oxygen atoms in total. The van der Waals surface area contributed by atoms with Gasteiger partial charge in [-0.3, -0.25) is 0 Å². The molecule has 0 radical (unpaired) electrons. The van der Waals surface area contributed by atoms with Gasteiger partial charge in [0.25, 0.3) is 0 Å². The van der Waals surface area contributed by atoms with Crippen LogP contribution in [0.25, 0.3) is 84.1 Å². The molecule has 1 aliphatic heterocycles. The van der Waals surface area contributed by atoms with Gasteiger partial charge in [0.2, 0.25) is 0 Å². The number of aromatic nitrogens is 3. The number of furan rings is 1. The fraction of sp³-hybridized carbons (Fsp3) is 0.0250. The molecule has 2 aromatic heterocycles. The molecule has 0 aliphatic carbocycles. The standard InChI is InChI=1S/C40H26N4O/c1-3-8-25(9-4-1)27-14-15-29-21-31(17-16-28(29)20-27)39-42-38(26-10-5-2-6-11-26)43-40(44-39)33-12-7-13-35-37(33)34-22-32-24-41-19-18-30(32)23-36(34)45-35/h1-23,41H,24H2. The van der Waals surface area contributed by atoms with Crippen molar-refractivity contribution in [3.8, 4) is 45.3 Å². The highest BCUT2D eigenvalue weighted by Gasteiger charge is 2.19. The Labute approximate surface area is 259 Å². The normalized spacial score (nSPS) is 12.4. The molecule has 212 valence electrons. The van der Waals surface area contributed by atoms with Crippen LogP contribution in [0.5, 0.6) is 0 Å². The molecule has 0 unspecified atom stereocenters. The van der Waals surface area contributed by atoms with Gasteiger partial charge in [0.1, 0.15) is 11.2 Å².